The molecule has 0 bridgehead atoms. The highest BCUT2D eigenvalue weighted by Crippen LogP contribution is 2.38. The van der Waals surface area contributed by atoms with Crippen molar-refractivity contribution in [3.05, 3.63) is 70.9 Å². The van der Waals surface area contributed by atoms with Crippen molar-refractivity contribution in [3.8, 4) is 5.75 Å². The lowest BCUT2D eigenvalue weighted by molar-refractivity contribution is -0.274. The van der Waals surface area contributed by atoms with Gasteiger partial charge in [0, 0.05) is 51.2 Å². The molecule has 2 aromatic carbocycles. The normalized spacial score (nSPS) is 15.0. The number of hydrogen-bond donors (Lipinski definition) is 0. The van der Waals surface area contributed by atoms with E-state index in [2.05, 4.69) is 9.84 Å². The summed E-state index contributed by atoms with van der Waals surface area (Å²) < 4.78 is 127. The van der Waals surface area contributed by atoms with Gasteiger partial charge in [0.2, 0.25) is 0 Å². The third kappa shape index (κ3) is 8.98. The van der Waals surface area contributed by atoms with Crippen molar-refractivity contribution in [3.63, 3.8) is 0 Å². The minimum Gasteiger partial charge on any atom is -0.406 e. The van der Waals surface area contributed by atoms with Gasteiger partial charge in [0.05, 0.1) is 11.1 Å². The second-order valence-corrected chi connectivity index (χ2v) is 11.0. The van der Waals surface area contributed by atoms with Crippen molar-refractivity contribution in [1.29, 1.82) is 0 Å². The molecular weight excluding hydrogens is 603 g/mol. The molecule has 1 saturated carbocycles. The van der Waals surface area contributed by atoms with Gasteiger partial charge in [-0.2, -0.15) is 31.4 Å². The molecule has 0 radical (unpaired) electrons. The van der Waals surface area contributed by atoms with E-state index in [0.29, 0.717) is 42.4 Å². The van der Waals surface area contributed by atoms with Gasteiger partial charge in [-0.05, 0) is 73.2 Å². The molecule has 0 amide bonds. The lowest BCUT2D eigenvalue weighted by Crippen LogP contribution is -2.32. The van der Waals surface area contributed by atoms with Gasteiger partial charge >= 0.3 is 18.7 Å². The van der Waals surface area contributed by atoms with Crippen molar-refractivity contribution in [2.45, 2.75) is 70.8 Å². The minimum atomic E-state index is -5.04. The number of rotatable bonds is 10. The van der Waals surface area contributed by atoms with Gasteiger partial charge in [0.15, 0.2) is 5.82 Å². The van der Waals surface area contributed by atoms with Crippen molar-refractivity contribution < 1.29 is 44.3 Å². The highest BCUT2D eigenvalue weighted by molar-refractivity contribution is 5.58. The molecule has 1 aliphatic carbocycles. The number of ether oxygens (including phenoxy) is 1. The number of aromatic nitrogens is 2. The fourth-order valence-electron chi connectivity index (χ4n) is 5.60. The molecule has 1 fully saturated rings. The van der Waals surface area contributed by atoms with Crippen LogP contribution in [0, 0.1) is 5.92 Å². The maximum atomic E-state index is 13.6. The molecule has 5 nitrogen and oxygen atoms in total. The fraction of sp³-hybridized carbons (Fsp3) is 0.500. The van der Waals surface area contributed by atoms with E-state index in [-0.39, 0.29) is 24.0 Å². The molecule has 14 heteroatoms. The van der Waals surface area contributed by atoms with Crippen LogP contribution in [-0.2, 0) is 32.5 Å². The van der Waals surface area contributed by atoms with Crippen molar-refractivity contribution in [2.24, 2.45) is 13.0 Å². The maximum Gasteiger partial charge on any atom is 0.573 e. The zero-order chi connectivity index (χ0) is 32.3. The van der Waals surface area contributed by atoms with Crippen LogP contribution in [0.1, 0.15) is 61.3 Å². The molecule has 1 aliphatic rings. The van der Waals surface area contributed by atoms with Gasteiger partial charge in [-0.15, -0.1) is 13.2 Å². The first-order chi connectivity index (χ1) is 20.5. The summed E-state index contributed by atoms with van der Waals surface area (Å²) in [6.07, 6.45) is -8.18. The summed E-state index contributed by atoms with van der Waals surface area (Å²) in [6, 6.07) is 6.75. The first kappa shape index (κ1) is 33.3. The van der Waals surface area contributed by atoms with Gasteiger partial charge in [-0.1, -0.05) is 19.3 Å². The number of anilines is 2. The van der Waals surface area contributed by atoms with Crippen LogP contribution >= 0.6 is 0 Å². The van der Waals surface area contributed by atoms with Gasteiger partial charge < -0.3 is 14.5 Å². The Labute approximate surface area is 249 Å². The summed E-state index contributed by atoms with van der Waals surface area (Å²) in [5, 5.41) is 4.29. The van der Waals surface area contributed by atoms with Gasteiger partial charge in [-0.25, -0.2) is 0 Å². The summed E-state index contributed by atoms with van der Waals surface area (Å²) in [6.45, 7) is 2.46. The lowest BCUT2D eigenvalue weighted by atomic mass is 9.88. The first-order valence-corrected chi connectivity index (χ1v) is 14.2. The van der Waals surface area contributed by atoms with Crippen molar-refractivity contribution >= 4 is 11.5 Å². The van der Waals surface area contributed by atoms with Crippen LogP contribution in [0.3, 0.4) is 0 Å². The highest BCUT2D eigenvalue weighted by Gasteiger charge is 2.37. The average Bonchev–Trinajstić information content (AvgIpc) is 3.36. The first-order valence-electron chi connectivity index (χ1n) is 14.2. The SMILES string of the molecule is CCN(CC1CCCCC1)c1ccc(OC(F)(F)F)cc1CN(Cc1cc(C(F)(F)F)cc(C(F)(F)F)c1)c1ccn(C)n1. The molecule has 4 rings (SSSR count). The number of aryl methyl sites for hydroxylation is 1. The van der Waals surface area contributed by atoms with Gasteiger partial charge in [0.1, 0.15) is 5.75 Å². The highest BCUT2D eigenvalue weighted by atomic mass is 19.4. The average molecular weight is 637 g/mol. The molecule has 0 unspecified atom stereocenters. The van der Waals surface area contributed by atoms with E-state index >= 15 is 0 Å². The third-order valence-corrected chi connectivity index (χ3v) is 7.62. The number of halogens is 9. The molecule has 242 valence electrons. The largest absolute Gasteiger partial charge is 0.573 e. The molecule has 1 heterocycles. The molecule has 0 spiro atoms. The quantitative estimate of drug-likeness (QED) is 0.208. The molecule has 3 aromatic rings. The van der Waals surface area contributed by atoms with E-state index in [0.717, 1.165) is 32.1 Å². The number of hydrogen-bond acceptors (Lipinski definition) is 4. The summed E-state index contributed by atoms with van der Waals surface area (Å²) in [5.74, 6) is 0.0895. The van der Waals surface area contributed by atoms with E-state index in [1.54, 1.807) is 13.2 Å². The number of nitrogens with zero attached hydrogens (tertiary/aromatic N) is 4. The minimum absolute atomic E-state index is 0.0506. The topological polar surface area (TPSA) is 33.5 Å². The second-order valence-electron chi connectivity index (χ2n) is 11.0. The van der Waals surface area contributed by atoms with Crippen LogP contribution in [-0.4, -0.2) is 29.2 Å². The third-order valence-electron chi connectivity index (χ3n) is 7.62. The van der Waals surface area contributed by atoms with Crippen LogP contribution in [0.2, 0.25) is 0 Å². The van der Waals surface area contributed by atoms with E-state index in [9.17, 15) is 39.5 Å². The Morgan fingerprint density at radius 1 is 0.818 bits per heavy atom. The predicted molar refractivity (Wildman–Crippen MR) is 147 cm³/mol. The molecule has 1 aromatic heterocycles. The Hall–Kier alpha value is -3.58. The van der Waals surface area contributed by atoms with Crippen molar-refractivity contribution in [1.82, 2.24) is 9.78 Å². The van der Waals surface area contributed by atoms with Crippen LogP contribution in [0.4, 0.5) is 51.0 Å². The Kier molecular flexibility index (Phi) is 9.99. The zero-order valence-electron chi connectivity index (χ0n) is 24.2. The van der Waals surface area contributed by atoms with Crippen molar-refractivity contribution in [2.75, 3.05) is 22.9 Å². The monoisotopic (exact) mass is 636 g/mol. The second kappa shape index (κ2) is 13.2. The molecule has 0 N–H and O–H groups in total. The molecule has 0 saturated heterocycles. The van der Waals surface area contributed by atoms with Crippen LogP contribution in [0.25, 0.3) is 0 Å². The Balaban J connectivity index is 1.77. The van der Waals surface area contributed by atoms with Crippen LogP contribution in [0.15, 0.2) is 48.7 Å². The predicted octanol–water partition coefficient (Wildman–Crippen LogP) is 8.97. The maximum absolute atomic E-state index is 13.6. The lowest BCUT2D eigenvalue weighted by Gasteiger charge is -2.33. The van der Waals surface area contributed by atoms with E-state index in [1.807, 2.05) is 11.8 Å². The Bertz CT molecular complexity index is 1360. The van der Waals surface area contributed by atoms with Gasteiger partial charge in [-0.3, -0.25) is 4.68 Å². The Morgan fingerprint density at radius 3 is 1.98 bits per heavy atom. The summed E-state index contributed by atoms with van der Waals surface area (Å²) in [7, 11) is 1.58. The fourth-order valence-corrected chi connectivity index (χ4v) is 5.60. The van der Waals surface area contributed by atoms with Crippen LogP contribution in [0.5, 0.6) is 5.75 Å². The summed E-state index contributed by atoms with van der Waals surface area (Å²) in [5.41, 5.74) is -2.29. The zero-order valence-corrected chi connectivity index (χ0v) is 24.2. The standard InChI is InChI=1S/C30H33F9N4O/c1-3-42(17-20-7-5-4-6-8-20)26-10-9-25(44-30(37,38)39)15-22(26)19-43(27-11-12-41(2)40-27)18-21-13-23(28(31,32)33)16-24(14-21)29(34,35)36/h9-16,20H,3-8,17-19H2,1-2H3. The Morgan fingerprint density at radius 2 is 1.45 bits per heavy atom. The van der Waals surface area contributed by atoms with Crippen LogP contribution < -0.4 is 14.5 Å². The van der Waals surface area contributed by atoms with E-state index < -0.39 is 42.1 Å². The molecule has 44 heavy (non-hydrogen) atoms. The smallest absolute Gasteiger partial charge is 0.406 e. The number of benzene rings is 2. The molecular formula is C30H33F9N4O. The summed E-state index contributed by atoms with van der Waals surface area (Å²) in [4.78, 5) is 3.46. The van der Waals surface area contributed by atoms with E-state index in [1.165, 1.54) is 33.8 Å². The van der Waals surface area contributed by atoms with Gasteiger partial charge in [0.25, 0.3) is 0 Å². The number of alkyl halides is 9. The molecule has 0 atom stereocenters. The molecule has 0 aliphatic heterocycles. The summed E-state index contributed by atoms with van der Waals surface area (Å²) >= 11 is 0. The van der Waals surface area contributed by atoms with E-state index in [4.69, 9.17) is 0 Å².